The highest BCUT2D eigenvalue weighted by Gasteiger charge is 2.12. The van der Waals surface area contributed by atoms with E-state index in [4.69, 9.17) is 0 Å². The second-order valence-electron chi connectivity index (χ2n) is 6.13. The normalized spacial score (nSPS) is 12.5. The van der Waals surface area contributed by atoms with Crippen molar-refractivity contribution in [3.8, 4) is 0 Å². The molecule has 0 aliphatic heterocycles. The zero-order chi connectivity index (χ0) is 17.2. The zero-order valence-corrected chi connectivity index (χ0v) is 16.3. The molecule has 0 amide bonds. The minimum Gasteiger partial charge on any atom is -0.357 e. The van der Waals surface area contributed by atoms with E-state index in [2.05, 4.69) is 72.4 Å². The fraction of sp³-hybridized carbons (Fsp3) is 0.765. The van der Waals surface area contributed by atoms with Crippen molar-refractivity contribution in [2.45, 2.75) is 66.6 Å². The summed E-state index contributed by atoms with van der Waals surface area (Å²) >= 11 is 1.71. The lowest BCUT2D eigenvalue weighted by molar-refractivity contribution is 0.178. The van der Waals surface area contributed by atoms with E-state index in [1.165, 1.54) is 5.01 Å². The summed E-state index contributed by atoms with van der Waals surface area (Å²) in [7, 11) is 0. The Morgan fingerprint density at radius 2 is 1.91 bits per heavy atom. The molecule has 132 valence electrons. The fourth-order valence-corrected chi connectivity index (χ4v) is 3.24. The number of nitrogens with one attached hydrogen (secondary N) is 2. The van der Waals surface area contributed by atoms with Crippen LogP contribution in [0.25, 0.3) is 0 Å². The van der Waals surface area contributed by atoms with Crippen molar-refractivity contribution in [3.63, 3.8) is 0 Å². The first-order valence-electron chi connectivity index (χ1n) is 8.69. The molecule has 0 atom stereocenters. The lowest BCUT2D eigenvalue weighted by Gasteiger charge is -2.30. The highest BCUT2D eigenvalue weighted by atomic mass is 32.1. The van der Waals surface area contributed by atoms with E-state index in [0.717, 1.165) is 37.7 Å². The number of hydrogen-bond donors (Lipinski definition) is 2. The van der Waals surface area contributed by atoms with Crippen molar-refractivity contribution in [2.75, 3.05) is 19.6 Å². The summed E-state index contributed by atoms with van der Waals surface area (Å²) in [6, 6.07) is 1.11. The molecule has 0 bridgehead atoms. The summed E-state index contributed by atoms with van der Waals surface area (Å²) < 4.78 is 0. The summed E-state index contributed by atoms with van der Waals surface area (Å²) in [6.45, 7) is 16.6. The van der Waals surface area contributed by atoms with Gasteiger partial charge in [0.05, 0.1) is 17.2 Å². The summed E-state index contributed by atoms with van der Waals surface area (Å²) in [5.74, 6) is 0.867. The van der Waals surface area contributed by atoms with Crippen molar-refractivity contribution in [2.24, 2.45) is 4.99 Å². The third-order valence-electron chi connectivity index (χ3n) is 3.63. The van der Waals surface area contributed by atoms with Gasteiger partial charge in [-0.25, -0.2) is 9.98 Å². The van der Waals surface area contributed by atoms with Crippen molar-refractivity contribution >= 4 is 17.3 Å². The molecule has 0 fully saturated rings. The molecule has 0 unspecified atom stereocenters. The molecular weight excluding hydrogens is 306 g/mol. The van der Waals surface area contributed by atoms with E-state index in [0.29, 0.717) is 18.6 Å². The molecule has 1 rings (SSSR count). The van der Waals surface area contributed by atoms with Gasteiger partial charge in [-0.3, -0.25) is 4.90 Å². The molecule has 5 nitrogen and oxygen atoms in total. The summed E-state index contributed by atoms with van der Waals surface area (Å²) in [4.78, 5) is 11.7. The number of aryl methyl sites for hydroxylation is 1. The molecule has 0 saturated heterocycles. The first kappa shape index (κ1) is 19.9. The average Bonchev–Trinajstić information content (AvgIpc) is 2.96. The number of hydrogen-bond acceptors (Lipinski definition) is 4. The number of aliphatic imine (C=N–C) groups is 1. The Labute approximate surface area is 145 Å². The van der Waals surface area contributed by atoms with Crippen molar-refractivity contribution < 1.29 is 0 Å². The van der Waals surface area contributed by atoms with Gasteiger partial charge in [-0.1, -0.05) is 6.92 Å². The van der Waals surface area contributed by atoms with Crippen LogP contribution in [0.4, 0.5) is 0 Å². The number of thiazole rings is 1. The highest BCUT2D eigenvalue weighted by Crippen LogP contribution is 2.10. The minimum absolute atomic E-state index is 0.554. The molecule has 6 heteroatoms. The molecule has 0 spiro atoms. The summed E-state index contributed by atoms with van der Waals surface area (Å²) in [5, 5.41) is 10.0. The zero-order valence-electron chi connectivity index (χ0n) is 15.5. The van der Waals surface area contributed by atoms with E-state index < -0.39 is 0 Å². The summed E-state index contributed by atoms with van der Waals surface area (Å²) in [5.41, 5.74) is 1.05. The molecule has 1 heterocycles. The molecule has 1 aromatic heterocycles. The van der Waals surface area contributed by atoms with Crippen molar-refractivity contribution in [1.29, 1.82) is 0 Å². The Morgan fingerprint density at radius 1 is 1.22 bits per heavy atom. The maximum atomic E-state index is 4.64. The number of rotatable bonds is 9. The lowest BCUT2D eigenvalue weighted by Crippen LogP contribution is -2.45. The second kappa shape index (κ2) is 10.6. The standard InChI is InChI=1S/C17H33N5S/c1-7-16-21-15(12-23-16)11-20-17(18-8-2)19-9-10-22(13(3)4)14(5)6/h12-14H,7-11H2,1-6H3,(H2,18,19,20). The van der Waals surface area contributed by atoms with Gasteiger partial charge in [-0.05, 0) is 41.0 Å². The average molecular weight is 340 g/mol. The van der Waals surface area contributed by atoms with Gasteiger partial charge < -0.3 is 10.6 Å². The maximum Gasteiger partial charge on any atom is 0.191 e. The predicted octanol–water partition coefficient (Wildman–Crippen LogP) is 2.88. The second-order valence-corrected chi connectivity index (χ2v) is 7.08. The fourth-order valence-electron chi connectivity index (χ4n) is 2.50. The molecule has 2 N–H and O–H groups in total. The van der Waals surface area contributed by atoms with Crippen LogP contribution < -0.4 is 10.6 Å². The SMILES string of the molecule is CCNC(=NCc1csc(CC)n1)NCCN(C(C)C)C(C)C. The smallest absolute Gasteiger partial charge is 0.191 e. The van der Waals surface area contributed by atoms with E-state index in [9.17, 15) is 0 Å². The third kappa shape index (κ3) is 7.31. The number of aromatic nitrogens is 1. The Bertz CT molecular complexity index is 459. The molecular formula is C17H33N5S. The predicted molar refractivity (Wildman–Crippen MR) is 101 cm³/mol. The molecule has 0 aliphatic rings. The maximum absolute atomic E-state index is 4.64. The van der Waals surface area contributed by atoms with Gasteiger partial charge in [0.25, 0.3) is 0 Å². The topological polar surface area (TPSA) is 52.6 Å². The van der Waals surface area contributed by atoms with Crippen LogP contribution in [-0.4, -0.2) is 47.6 Å². The number of nitrogens with zero attached hydrogens (tertiary/aromatic N) is 3. The van der Waals surface area contributed by atoms with Gasteiger partial charge in [0.15, 0.2) is 5.96 Å². The van der Waals surface area contributed by atoms with Gasteiger partial charge in [-0.2, -0.15) is 0 Å². The Kier molecular flexibility index (Phi) is 9.17. The van der Waals surface area contributed by atoms with Crippen LogP contribution in [0.5, 0.6) is 0 Å². The molecule has 0 aliphatic carbocycles. The third-order valence-corrected chi connectivity index (χ3v) is 4.68. The Morgan fingerprint density at radius 3 is 2.43 bits per heavy atom. The molecule has 0 radical (unpaired) electrons. The summed E-state index contributed by atoms with van der Waals surface area (Å²) in [6.07, 6.45) is 0.993. The number of guanidine groups is 1. The van der Waals surface area contributed by atoms with Gasteiger partial charge >= 0.3 is 0 Å². The first-order valence-corrected chi connectivity index (χ1v) is 9.57. The van der Waals surface area contributed by atoms with Gasteiger partial charge in [0.2, 0.25) is 0 Å². The van der Waals surface area contributed by atoms with E-state index in [1.54, 1.807) is 11.3 Å². The first-order chi connectivity index (χ1) is 11.0. The van der Waals surface area contributed by atoms with Crippen molar-refractivity contribution in [1.82, 2.24) is 20.5 Å². The van der Waals surface area contributed by atoms with E-state index in [-0.39, 0.29) is 0 Å². The van der Waals surface area contributed by atoms with Crippen LogP contribution in [0.15, 0.2) is 10.4 Å². The van der Waals surface area contributed by atoms with Crippen LogP contribution >= 0.6 is 11.3 Å². The molecule has 0 aromatic carbocycles. The quantitative estimate of drug-likeness (QED) is 0.536. The van der Waals surface area contributed by atoms with E-state index in [1.807, 2.05) is 0 Å². The van der Waals surface area contributed by atoms with Crippen LogP contribution in [0.1, 0.15) is 52.2 Å². The van der Waals surface area contributed by atoms with Crippen LogP contribution in [0, 0.1) is 0 Å². The highest BCUT2D eigenvalue weighted by molar-refractivity contribution is 7.09. The molecule has 23 heavy (non-hydrogen) atoms. The Hall–Kier alpha value is -1.14. The largest absolute Gasteiger partial charge is 0.357 e. The molecule has 1 aromatic rings. The Balaban J connectivity index is 2.51. The van der Waals surface area contributed by atoms with Crippen LogP contribution in [-0.2, 0) is 13.0 Å². The van der Waals surface area contributed by atoms with Crippen LogP contribution in [0.2, 0.25) is 0 Å². The monoisotopic (exact) mass is 339 g/mol. The van der Waals surface area contributed by atoms with Crippen LogP contribution in [0.3, 0.4) is 0 Å². The lowest BCUT2D eigenvalue weighted by atomic mass is 10.2. The van der Waals surface area contributed by atoms with Gasteiger partial charge in [0, 0.05) is 37.1 Å². The van der Waals surface area contributed by atoms with Crippen molar-refractivity contribution in [3.05, 3.63) is 16.1 Å². The van der Waals surface area contributed by atoms with Gasteiger partial charge in [0.1, 0.15) is 0 Å². The van der Waals surface area contributed by atoms with Gasteiger partial charge in [-0.15, -0.1) is 11.3 Å². The molecule has 0 saturated carbocycles. The van der Waals surface area contributed by atoms with E-state index >= 15 is 0 Å². The minimum atomic E-state index is 0.554.